The minimum absolute atomic E-state index is 0.250. The first kappa shape index (κ1) is 17.1. The van der Waals surface area contributed by atoms with E-state index in [2.05, 4.69) is 0 Å². The Balaban J connectivity index is 4.70. The molecule has 3 unspecified atom stereocenters. The maximum atomic E-state index is 12.0. The molecule has 0 aliphatic rings. The van der Waals surface area contributed by atoms with Crippen molar-refractivity contribution in [2.24, 2.45) is 5.92 Å². The lowest BCUT2D eigenvalue weighted by Crippen LogP contribution is -2.39. The summed E-state index contributed by atoms with van der Waals surface area (Å²) in [6.45, 7) is 7.16. The number of allylic oxidation sites excluding steroid dienone is 1. The highest BCUT2D eigenvalue weighted by Gasteiger charge is 2.31. The zero-order valence-corrected chi connectivity index (χ0v) is 11.8. The van der Waals surface area contributed by atoms with Gasteiger partial charge in [-0.05, 0) is 32.3 Å². The fourth-order valence-corrected chi connectivity index (χ4v) is 1.84. The summed E-state index contributed by atoms with van der Waals surface area (Å²) in [6.07, 6.45) is 0.201. The Morgan fingerprint density at radius 2 is 1.67 bits per heavy atom. The number of rotatable bonds is 8. The summed E-state index contributed by atoms with van der Waals surface area (Å²) < 4.78 is 0. The maximum absolute atomic E-state index is 12.0. The third kappa shape index (κ3) is 4.78. The molecule has 4 nitrogen and oxygen atoms in total. The van der Waals surface area contributed by atoms with Crippen LogP contribution in [0.3, 0.4) is 0 Å². The molecular formula is C14H26O4. The number of hydrogen-bond donors (Lipinski definition) is 3. The smallest absolute Gasteiger partial charge is 0.167 e. The van der Waals surface area contributed by atoms with Gasteiger partial charge in [0.2, 0.25) is 0 Å². The van der Waals surface area contributed by atoms with E-state index < -0.39 is 12.2 Å². The van der Waals surface area contributed by atoms with Crippen LogP contribution in [0.4, 0.5) is 0 Å². The molecule has 4 heteroatoms. The van der Waals surface area contributed by atoms with E-state index in [1.165, 1.54) is 0 Å². The number of carbonyl (C=O) groups is 1. The van der Waals surface area contributed by atoms with Crippen LogP contribution < -0.4 is 0 Å². The predicted octanol–water partition coefficient (Wildman–Crippen LogP) is 2.35. The van der Waals surface area contributed by atoms with Crippen molar-refractivity contribution in [3.8, 4) is 0 Å². The summed E-state index contributed by atoms with van der Waals surface area (Å²) >= 11 is 0. The van der Waals surface area contributed by atoms with Gasteiger partial charge in [-0.25, -0.2) is 0 Å². The Morgan fingerprint density at radius 1 is 1.11 bits per heavy atom. The summed E-state index contributed by atoms with van der Waals surface area (Å²) in [5.74, 6) is -0.952. The molecular weight excluding hydrogens is 232 g/mol. The van der Waals surface area contributed by atoms with Crippen LogP contribution in [0.25, 0.3) is 0 Å². The van der Waals surface area contributed by atoms with Gasteiger partial charge in [-0.15, -0.1) is 0 Å². The van der Waals surface area contributed by atoms with E-state index in [4.69, 9.17) is 0 Å². The van der Waals surface area contributed by atoms with Crippen molar-refractivity contribution in [3.63, 3.8) is 0 Å². The number of aliphatic hydroxyl groups excluding tert-OH is 3. The average molecular weight is 258 g/mol. The molecule has 0 aliphatic heterocycles. The zero-order valence-electron chi connectivity index (χ0n) is 11.8. The third-order valence-corrected chi connectivity index (χ3v) is 3.18. The number of aliphatic hydroxyl groups is 3. The van der Waals surface area contributed by atoms with E-state index in [-0.39, 0.29) is 17.5 Å². The van der Waals surface area contributed by atoms with Crippen molar-refractivity contribution in [2.75, 3.05) is 0 Å². The molecule has 0 amide bonds. The third-order valence-electron chi connectivity index (χ3n) is 3.18. The second-order valence-electron chi connectivity index (χ2n) is 4.92. The van der Waals surface area contributed by atoms with E-state index in [9.17, 15) is 20.1 Å². The van der Waals surface area contributed by atoms with Gasteiger partial charge in [0.1, 0.15) is 18.0 Å². The van der Waals surface area contributed by atoms with Gasteiger partial charge in [-0.1, -0.05) is 26.7 Å². The first-order chi connectivity index (χ1) is 8.36. The lowest BCUT2D eigenvalue weighted by atomic mass is 9.89. The SMILES string of the molecule is CCCCC(CC)C(=O)C(O)C(O)C(O)=C(C)C. The van der Waals surface area contributed by atoms with Gasteiger partial charge in [0, 0.05) is 5.92 Å². The van der Waals surface area contributed by atoms with Crippen molar-refractivity contribution >= 4 is 5.78 Å². The van der Waals surface area contributed by atoms with Crippen molar-refractivity contribution in [1.82, 2.24) is 0 Å². The summed E-state index contributed by atoms with van der Waals surface area (Å²) in [7, 11) is 0. The lowest BCUT2D eigenvalue weighted by Gasteiger charge is -2.22. The zero-order chi connectivity index (χ0) is 14.3. The van der Waals surface area contributed by atoms with Gasteiger partial charge >= 0.3 is 0 Å². The van der Waals surface area contributed by atoms with Crippen molar-refractivity contribution in [3.05, 3.63) is 11.3 Å². The van der Waals surface area contributed by atoms with Crippen LogP contribution in [0.15, 0.2) is 11.3 Å². The molecule has 0 saturated heterocycles. The number of ketones is 1. The Kier molecular flexibility index (Phi) is 7.87. The fourth-order valence-electron chi connectivity index (χ4n) is 1.84. The maximum Gasteiger partial charge on any atom is 0.167 e. The highest BCUT2D eigenvalue weighted by atomic mass is 16.4. The fraction of sp³-hybridized carbons (Fsp3) is 0.786. The van der Waals surface area contributed by atoms with Gasteiger partial charge < -0.3 is 15.3 Å². The highest BCUT2D eigenvalue weighted by molar-refractivity contribution is 5.86. The minimum atomic E-state index is -1.54. The first-order valence-corrected chi connectivity index (χ1v) is 6.62. The largest absolute Gasteiger partial charge is 0.510 e. The molecule has 0 aromatic carbocycles. The summed E-state index contributed by atoms with van der Waals surface area (Å²) in [5.41, 5.74) is 0.496. The van der Waals surface area contributed by atoms with E-state index >= 15 is 0 Å². The van der Waals surface area contributed by atoms with Crippen molar-refractivity contribution in [1.29, 1.82) is 0 Å². The molecule has 0 aromatic rings. The molecule has 0 spiro atoms. The second kappa shape index (κ2) is 8.27. The van der Waals surface area contributed by atoms with Crippen LogP contribution in [0.5, 0.6) is 0 Å². The summed E-state index contributed by atoms with van der Waals surface area (Å²) in [4.78, 5) is 12.0. The molecule has 0 radical (unpaired) electrons. The molecule has 18 heavy (non-hydrogen) atoms. The molecule has 0 saturated carbocycles. The Hall–Kier alpha value is -0.870. The van der Waals surface area contributed by atoms with Crippen LogP contribution in [-0.4, -0.2) is 33.3 Å². The van der Waals surface area contributed by atoms with Crippen LogP contribution in [0.1, 0.15) is 53.4 Å². The van der Waals surface area contributed by atoms with Crippen LogP contribution in [0.2, 0.25) is 0 Å². The van der Waals surface area contributed by atoms with Crippen LogP contribution in [0, 0.1) is 5.92 Å². The monoisotopic (exact) mass is 258 g/mol. The van der Waals surface area contributed by atoms with Gasteiger partial charge in [-0.2, -0.15) is 0 Å². The molecule has 3 atom stereocenters. The standard InChI is InChI=1S/C14H26O4/c1-5-7-8-10(6-2)12(16)14(18)13(17)11(15)9(3)4/h10,13-15,17-18H,5-8H2,1-4H3. The van der Waals surface area contributed by atoms with Crippen molar-refractivity contribution < 1.29 is 20.1 Å². The van der Waals surface area contributed by atoms with E-state index in [0.29, 0.717) is 18.4 Å². The number of carbonyl (C=O) groups excluding carboxylic acids is 1. The Bertz CT molecular complexity index is 292. The van der Waals surface area contributed by atoms with Gasteiger partial charge in [0.15, 0.2) is 5.78 Å². The molecule has 0 heterocycles. The molecule has 0 aliphatic carbocycles. The second-order valence-corrected chi connectivity index (χ2v) is 4.92. The van der Waals surface area contributed by atoms with E-state index in [1.807, 2.05) is 13.8 Å². The quantitative estimate of drug-likeness (QED) is 0.584. The Labute approximate surface area is 109 Å². The van der Waals surface area contributed by atoms with E-state index in [1.54, 1.807) is 13.8 Å². The number of hydrogen-bond acceptors (Lipinski definition) is 4. The highest BCUT2D eigenvalue weighted by Crippen LogP contribution is 2.19. The molecule has 106 valence electrons. The van der Waals surface area contributed by atoms with Gasteiger partial charge in [0.05, 0.1) is 0 Å². The van der Waals surface area contributed by atoms with Gasteiger partial charge in [0.25, 0.3) is 0 Å². The van der Waals surface area contributed by atoms with Crippen LogP contribution >= 0.6 is 0 Å². The average Bonchev–Trinajstić information content (AvgIpc) is 2.36. The minimum Gasteiger partial charge on any atom is -0.510 e. The predicted molar refractivity (Wildman–Crippen MR) is 71.3 cm³/mol. The number of unbranched alkanes of at least 4 members (excludes halogenated alkanes) is 1. The molecule has 0 rings (SSSR count). The molecule has 3 N–H and O–H groups in total. The van der Waals surface area contributed by atoms with Crippen molar-refractivity contribution in [2.45, 2.75) is 65.6 Å². The molecule has 0 aromatic heterocycles. The normalized spacial score (nSPS) is 15.9. The summed E-state index contributed by atoms with van der Waals surface area (Å²) in [5, 5.41) is 29.1. The first-order valence-electron chi connectivity index (χ1n) is 6.62. The lowest BCUT2D eigenvalue weighted by molar-refractivity contribution is -0.137. The topological polar surface area (TPSA) is 77.8 Å². The van der Waals surface area contributed by atoms with E-state index in [0.717, 1.165) is 12.8 Å². The summed E-state index contributed by atoms with van der Waals surface area (Å²) in [6, 6.07) is 0. The van der Waals surface area contributed by atoms with Gasteiger partial charge in [-0.3, -0.25) is 4.79 Å². The molecule has 0 bridgehead atoms. The van der Waals surface area contributed by atoms with Crippen LogP contribution in [-0.2, 0) is 4.79 Å². The number of Topliss-reactive ketones (excluding diaryl/α,β-unsaturated/α-hetero) is 1. The molecule has 0 fully saturated rings. The Morgan fingerprint density at radius 3 is 2.06 bits per heavy atom.